The van der Waals surface area contributed by atoms with Gasteiger partial charge in [0.15, 0.2) is 0 Å². The smallest absolute Gasteiger partial charge is 0.246 e. The number of rotatable bonds is 8. The first-order valence-corrected chi connectivity index (χ1v) is 9.59. The molecule has 0 fully saturated rings. The summed E-state index contributed by atoms with van der Waals surface area (Å²) in [5.74, 6) is -0.384. The van der Waals surface area contributed by atoms with Crippen molar-refractivity contribution in [3.8, 4) is 0 Å². The maximum Gasteiger partial charge on any atom is 0.246 e. The third-order valence-electron chi connectivity index (χ3n) is 4.74. The zero-order valence-electron chi connectivity index (χ0n) is 16.8. The molecule has 29 heavy (non-hydrogen) atoms. The highest BCUT2D eigenvalue weighted by Crippen LogP contribution is 2.30. The minimum atomic E-state index is -1.37. The van der Waals surface area contributed by atoms with Crippen LogP contribution >= 0.6 is 0 Å². The van der Waals surface area contributed by atoms with Crippen molar-refractivity contribution in [1.82, 2.24) is 10.5 Å². The van der Waals surface area contributed by atoms with Gasteiger partial charge in [-0.2, -0.15) is 0 Å². The van der Waals surface area contributed by atoms with E-state index >= 15 is 0 Å². The van der Waals surface area contributed by atoms with Crippen molar-refractivity contribution in [2.24, 2.45) is 0 Å². The third-order valence-corrected chi connectivity index (χ3v) is 4.74. The highest BCUT2D eigenvalue weighted by molar-refractivity contribution is 5.76. The molecule has 0 aliphatic heterocycles. The lowest BCUT2D eigenvalue weighted by Crippen LogP contribution is -2.36. The Morgan fingerprint density at radius 2 is 1.76 bits per heavy atom. The number of aromatic nitrogens is 1. The molecule has 150 valence electrons. The summed E-state index contributed by atoms with van der Waals surface area (Å²) < 4.78 is 0. The molecule has 0 bridgehead atoms. The average Bonchev–Trinajstić information content (AvgIpc) is 2.69. The number of hydrogen-bond donors (Lipinski definition) is 2. The summed E-state index contributed by atoms with van der Waals surface area (Å²) >= 11 is 0. The number of amides is 1. The Balaban J connectivity index is 1.69. The Morgan fingerprint density at radius 3 is 2.45 bits per heavy atom. The lowest BCUT2D eigenvalue weighted by atomic mass is 9.84. The third kappa shape index (κ3) is 5.98. The summed E-state index contributed by atoms with van der Waals surface area (Å²) in [5, 5.41) is 11.4. The Labute approximate surface area is 171 Å². The van der Waals surface area contributed by atoms with Gasteiger partial charge in [0.05, 0.1) is 13.0 Å². The first-order chi connectivity index (χ1) is 13.9. The van der Waals surface area contributed by atoms with Crippen molar-refractivity contribution in [2.45, 2.75) is 38.9 Å². The molecular weight excluding hydrogens is 364 g/mol. The number of carbonyl (C=O) groups excluding carboxylic acids is 1. The molecule has 1 unspecified atom stereocenters. The Hall–Kier alpha value is -3.02. The van der Waals surface area contributed by atoms with E-state index in [2.05, 4.69) is 10.5 Å². The number of hydrogen-bond acceptors (Lipinski definition) is 4. The van der Waals surface area contributed by atoms with Gasteiger partial charge in [0.2, 0.25) is 5.91 Å². The summed E-state index contributed by atoms with van der Waals surface area (Å²) in [4.78, 5) is 22.0. The molecule has 5 nitrogen and oxygen atoms in total. The summed E-state index contributed by atoms with van der Waals surface area (Å²) in [5.41, 5.74) is 5.75. The van der Waals surface area contributed by atoms with Gasteiger partial charge in [-0.3, -0.25) is 14.6 Å². The number of hydroxylamine groups is 1. The largest absolute Gasteiger partial charge is 0.384 e. The molecule has 1 heterocycles. The highest BCUT2D eigenvalue weighted by Gasteiger charge is 2.33. The predicted molar refractivity (Wildman–Crippen MR) is 112 cm³/mol. The number of nitrogens with one attached hydrogen (secondary N) is 1. The number of aryl methyl sites for hydroxylation is 2. The maximum absolute atomic E-state index is 12.6. The quantitative estimate of drug-likeness (QED) is 0.575. The molecule has 0 spiro atoms. The predicted octanol–water partition coefficient (Wildman–Crippen LogP) is 3.77. The summed E-state index contributed by atoms with van der Waals surface area (Å²) in [6, 6.07) is 19.2. The van der Waals surface area contributed by atoms with Crippen LogP contribution in [-0.2, 0) is 28.3 Å². The fraction of sp³-hybridized carbons (Fsp3) is 0.250. The number of pyridine rings is 1. The second-order valence-corrected chi connectivity index (χ2v) is 7.42. The van der Waals surface area contributed by atoms with Crippen LogP contribution in [0.15, 0.2) is 73.1 Å². The SMILES string of the molecule is Cc1cccc(CONC(=O)CC(O)(Cc2cccnc2)c2cccc(C)c2)c1. The monoisotopic (exact) mass is 390 g/mol. The average molecular weight is 390 g/mol. The fourth-order valence-corrected chi connectivity index (χ4v) is 3.35. The van der Waals surface area contributed by atoms with Gasteiger partial charge < -0.3 is 5.11 Å². The van der Waals surface area contributed by atoms with Crippen molar-refractivity contribution in [3.63, 3.8) is 0 Å². The van der Waals surface area contributed by atoms with Crippen LogP contribution in [0.3, 0.4) is 0 Å². The molecule has 0 aliphatic rings. The normalized spacial score (nSPS) is 12.9. The summed E-state index contributed by atoms with van der Waals surface area (Å²) in [6.45, 7) is 4.22. The molecule has 2 N–H and O–H groups in total. The fourth-order valence-electron chi connectivity index (χ4n) is 3.35. The molecule has 1 aromatic heterocycles. The van der Waals surface area contributed by atoms with Gasteiger partial charge in [0.1, 0.15) is 5.60 Å². The molecule has 1 amide bonds. The minimum Gasteiger partial charge on any atom is -0.384 e. The van der Waals surface area contributed by atoms with Gasteiger partial charge in [-0.1, -0.05) is 65.7 Å². The van der Waals surface area contributed by atoms with Crippen LogP contribution in [0.25, 0.3) is 0 Å². The molecule has 5 heteroatoms. The molecule has 1 atom stereocenters. The lowest BCUT2D eigenvalue weighted by molar-refractivity contribution is -0.140. The maximum atomic E-state index is 12.6. The van der Waals surface area contributed by atoms with E-state index in [1.807, 2.05) is 74.5 Å². The first-order valence-electron chi connectivity index (χ1n) is 9.59. The van der Waals surface area contributed by atoms with Gasteiger partial charge in [-0.15, -0.1) is 0 Å². The van der Waals surface area contributed by atoms with Gasteiger partial charge >= 0.3 is 0 Å². The Kier molecular flexibility index (Phi) is 6.75. The second kappa shape index (κ2) is 9.45. The summed E-state index contributed by atoms with van der Waals surface area (Å²) in [6.07, 6.45) is 3.53. The van der Waals surface area contributed by atoms with E-state index in [0.29, 0.717) is 5.56 Å². The number of nitrogens with zero attached hydrogens (tertiary/aromatic N) is 1. The van der Waals surface area contributed by atoms with Crippen LogP contribution < -0.4 is 5.48 Å². The topological polar surface area (TPSA) is 71.5 Å². The van der Waals surface area contributed by atoms with Crippen molar-refractivity contribution in [3.05, 3.63) is 101 Å². The van der Waals surface area contributed by atoms with Crippen molar-refractivity contribution in [2.75, 3.05) is 0 Å². The van der Waals surface area contributed by atoms with Crippen molar-refractivity contribution < 1.29 is 14.7 Å². The van der Waals surface area contributed by atoms with Crippen LogP contribution in [-0.4, -0.2) is 16.0 Å². The molecule has 3 rings (SSSR count). The lowest BCUT2D eigenvalue weighted by Gasteiger charge is -2.28. The molecule has 0 aliphatic carbocycles. The molecule has 3 aromatic rings. The van der Waals surface area contributed by atoms with E-state index < -0.39 is 5.60 Å². The van der Waals surface area contributed by atoms with Crippen LogP contribution in [0.5, 0.6) is 0 Å². The molecule has 2 aromatic carbocycles. The van der Waals surface area contributed by atoms with Crippen LogP contribution in [0, 0.1) is 13.8 Å². The van der Waals surface area contributed by atoms with E-state index in [-0.39, 0.29) is 25.4 Å². The second-order valence-electron chi connectivity index (χ2n) is 7.42. The van der Waals surface area contributed by atoms with Crippen molar-refractivity contribution in [1.29, 1.82) is 0 Å². The van der Waals surface area contributed by atoms with Gasteiger partial charge in [0.25, 0.3) is 0 Å². The van der Waals surface area contributed by atoms with E-state index in [1.54, 1.807) is 12.4 Å². The minimum absolute atomic E-state index is 0.126. The number of benzene rings is 2. The van der Waals surface area contributed by atoms with E-state index in [9.17, 15) is 9.90 Å². The number of carbonyl (C=O) groups is 1. The zero-order valence-corrected chi connectivity index (χ0v) is 16.8. The standard InChI is InChI=1S/C24H26N2O3/c1-18-6-3-8-20(12-18)17-29-26-23(27)15-24(28,14-21-9-5-11-25-16-21)22-10-4-7-19(2)13-22/h3-13,16,28H,14-15,17H2,1-2H3,(H,26,27). The Bertz CT molecular complexity index is 959. The summed E-state index contributed by atoms with van der Waals surface area (Å²) in [7, 11) is 0. The van der Waals surface area contributed by atoms with Gasteiger partial charge in [-0.05, 0) is 36.6 Å². The van der Waals surface area contributed by atoms with E-state index in [4.69, 9.17) is 4.84 Å². The number of aliphatic hydroxyl groups is 1. The zero-order chi connectivity index (χ0) is 20.7. The van der Waals surface area contributed by atoms with Crippen molar-refractivity contribution >= 4 is 5.91 Å². The molecule has 0 saturated carbocycles. The van der Waals surface area contributed by atoms with Crippen LogP contribution in [0.2, 0.25) is 0 Å². The van der Waals surface area contributed by atoms with Gasteiger partial charge in [-0.25, -0.2) is 5.48 Å². The van der Waals surface area contributed by atoms with Crippen LogP contribution in [0.1, 0.15) is 34.2 Å². The van der Waals surface area contributed by atoms with Crippen LogP contribution in [0.4, 0.5) is 0 Å². The highest BCUT2D eigenvalue weighted by atomic mass is 16.6. The molecule has 0 saturated heterocycles. The van der Waals surface area contributed by atoms with Gasteiger partial charge in [0, 0.05) is 18.8 Å². The van der Waals surface area contributed by atoms with E-state index in [1.165, 1.54) is 0 Å². The Morgan fingerprint density at radius 1 is 1.03 bits per heavy atom. The molecular formula is C24H26N2O3. The molecule has 0 radical (unpaired) electrons. The first kappa shape index (κ1) is 20.7. The van der Waals surface area contributed by atoms with E-state index in [0.717, 1.165) is 22.3 Å².